The minimum Gasteiger partial charge on any atom is -0.569 e. The topological polar surface area (TPSA) is 77.9 Å². The van der Waals surface area contributed by atoms with Gasteiger partial charge >= 0.3 is 0 Å². The quantitative estimate of drug-likeness (QED) is 0.320. The molecule has 1 saturated heterocycles. The van der Waals surface area contributed by atoms with Crippen LogP contribution in [0.4, 0.5) is 0 Å². The number of hydrogen-bond acceptors (Lipinski definition) is 5. The Morgan fingerprint density at radius 2 is 2.24 bits per heavy atom. The van der Waals surface area contributed by atoms with Gasteiger partial charge in [0, 0.05) is 13.0 Å². The summed E-state index contributed by atoms with van der Waals surface area (Å²) in [5, 5.41) is 25.2. The molecule has 0 aromatic rings. The zero-order chi connectivity index (χ0) is 13.1. The van der Waals surface area contributed by atoms with E-state index in [0.717, 1.165) is 0 Å². The van der Waals surface area contributed by atoms with Gasteiger partial charge in [-0.05, 0) is 20.8 Å². The Bertz CT molecular complexity index is 331. The molecule has 0 aromatic carbocycles. The van der Waals surface area contributed by atoms with E-state index in [2.05, 4.69) is 5.28 Å². The molecule has 0 bridgehead atoms. The van der Waals surface area contributed by atoms with Crippen molar-refractivity contribution in [3.63, 3.8) is 0 Å². The molecule has 0 aliphatic carbocycles. The first-order chi connectivity index (χ1) is 7.84. The fraction of sp³-hybridized carbons (Fsp3) is 0.900. The van der Waals surface area contributed by atoms with Gasteiger partial charge in [-0.15, -0.1) is 5.01 Å². The molecule has 1 aliphatic heterocycles. The molecule has 1 fully saturated rings. The Labute approximate surface area is 101 Å². The van der Waals surface area contributed by atoms with E-state index in [1.807, 2.05) is 27.0 Å². The first kappa shape index (κ1) is 13.4. The zero-order valence-corrected chi connectivity index (χ0v) is 10.8. The van der Waals surface area contributed by atoms with Crippen molar-refractivity contribution in [1.82, 2.24) is 9.91 Å². The minimum atomic E-state index is -0.316. The van der Waals surface area contributed by atoms with Gasteiger partial charge in [0.1, 0.15) is 0 Å². The third kappa shape index (κ3) is 3.66. The summed E-state index contributed by atoms with van der Waals surface area (Å²) in [6, 6.07) is 0. The summed E-state index contributed by atoms with van der Waals surface area (Å²) >= 11 is 0. The van der Waals surface area contributed by atoms with E-state index >= 15 is 0 Å². The van der Waals surface area contributed by atoms with E-state index in [1.165, 1.54) is 5.01 Å². The molecule has 0 saturated carbocycles. The monoisotopic (exact) mass is 241 g/mol. The van der Waals surface area contributed by atoms with Crippen molar-refractivity contribution in [3.8, 4) is 6.19 Å². The molecule has 0 unspecified atom stereocenters. The van der Waals surface area contributed by atoms with Crippen LogP contribution in [0.15, 0.2) is 5.28 Å². The number of nitriles is 1. The lowest BCUT2D eigenvalue weighted by atomic mass is 10.1. The van der Waals surface area contributed by atoms with Crippen molar-refractivity contribution < 1.29 is 9.81 Å². The standard InChI is InChI=1S/C10H19N5O2/c1-10(2,3)13(4)15(16)12-17-9-5-6-14(7-9)8-11/h9H,5-7H2,1-4H3/b15-12-/t9-/m1/s1. The number of nitrogens with zero attached hydrogens (tertiary/aromatic N) is 5. The highest BCUT2D eigenvalue weighted by atomic mass is 16.7. The second-order valence-electron chi connectivity index (χ2n) is 5.09. The molecule has 1 heterocycles. The van der Waals surface area contributed by atoms with Gasteiger partial charge in [0.2, 0.25) is 5.28 Å². The Morgan fingerprint density at radius 3 is 2.71 bits per heavy atom. The third-order valence-electron chi connectivity index (χ3n) is 2.78. The lowest BCUT2D eigenvalue weighted by molar-refractivity contribution is -0.720. The number of likely N-dealkylation sites (tertiary alicyclic amines) is 1. The normalized spacial score (nSPS) is 21.2. The molecule has 0 spiro atoms. The summed E-state index contributed by atoms with van der Waals surface area (Å²) in [5.74, 6) is 0. The van der Waals surface area contributed by atoms with Crippen LogP contribution in [0.1, 0.15) is 27.2 Å². The van der Waals surface area contributed by atoms with Crippen LogP contribution in [0, 0.1) is 16.7 Å². The average molecular weight is 241 g/mol. The Hall–Kier alpha value is -1.71. The van der Waals surface area contributed by atoms with Crippen LogP contribution in [0.3, 0.4) is 0 Å². The molecule has 0 aromatic heterocycles. The molecule has 1 atom stereocenters. The van der Waals surface area contributed by atoms with E-state index in [9.17, 15) is 5.21 Å². The molecular weight excluding hydrogens is 222 g/mol. The fourth-order valence-corrected chi connectivity index (χ4v) is 1.32. The maximum absolute atomic E-state index is 11.6. The van der Waals surface area contributed by atoms with Crippen LogP contribution in [-0.4, -0.2) is 46.7 Å². The smallest absolute Gasteiger partial charge is 0.233 e. The SMILES string of the molecule is CN(/[N+]([O-])=N/O[C@@H]1CCN(C#N)C1)C(C)(C)C. The van der Waals surface area contributed by atoms with Gasteiger partial charge in [-0.2, -0.15) is 5.26 Å². The Morgan fingerprint density at radius 1 is 1.59 bits per heavy atom. The Balaban J connectivity index is 2.47. The molecular formula is C10H19N5O2. The van der Waals surface area contributed by atoms with E-state index in [1.54, 1.807) is 11.9 Å². The number of rotatable bonds is 3. The van der Waals surface area contributed by atoms with Crippen molar-refractivity contribution in [2.24, 2.45) is 5.28 Å². The molecule has 17 heavy (non-hydrogen) atoms. The fourth-order valence-electron chi connectivity index (χ4n) is 1.32. The van der Waals surface area contributed by atoms with Crippen molar-refractivity contribution >= 4 is 0 Å². The summed E-state index contributed by atoms with van der Waals surface area (Å²) in [7, 11) is 1.65. The van der Waals surface area contributed by atoms with Crippen molar-refractivity contribution in [3.05, 3.63) is 5.21 Å². The number of hydrogen-bond donors (Lipinski definition) is 0. The molecule has 0 amide bonds. The first-order valence-electron chi connectivity index (χ1n) is 5.57. The van der Waals surface area contributed by atoms with Crippen LogP contribution < -0.4 is 0 Å². The average Bonchev–Trinajstić information content (AvgIpc) is 2.71. The van der Waals surface area contributed by atoms with Crippen LogP contribution in [-0.2, 0) is 4.84 Å². The predicted octanol–water partition coefficient (Wildman–Crippen LogP) is 1.08. The van der Waals surface area contributed by atoms with Crippen molar-refractivity contribution in [2.45, 2.75) is 38.8 Å². The van der Waals surface area contributed by atoms with Crippen molar-refractivity contribution in [1.29, 1.82) is 5.26 Å². The van der Waals surface area contributed by atoms with Crippen molar-refractivity contribution in [2.75, 3.05) is 20.1 Å². The van der Waals surface area contributed by atoms with Gasteiger partial charge in [-0.1, -0.05) is 0 Å². The summed E-state index contributed by atoms with van der Waals surface area (Å²) in [4.78, 5) is 7.14. The molecule has 7 nitrogen and oxygen atoms in total. The van der Waals surface area contributed by atoms with E-state index in [-0.39, 0.29) is 11.6 Å². The molecule has 7 heteroatoms. The molecule has 0 radical (unpaired) electrons. The van der Waals surface area contributed by atoms with E-state index in [4.69, 9.17) is 10.1 Å². The highest BCUT2D eigenvalue weighted by Gasteiger charge is 2.27. The summed E-state index contributed by atoms with van der Waals surface area (Å²) in [5.41, 5.74) is -0.316. The highest BCUT2D eigenvalue weighted by molar-refractivity contribution is 4.84. The first-order valence-corrected chi connectivity index (χ1v) is 5.57. The van der Waals surface area contributed by atoms with Crippen LogP contribution in [0.2, 0.25) is 0 Å². The molecule has 1 aliphatic rings. The van der Waals surface area contributed by atoms with Gasteiger partial charge < -0.3 is 14.9 Å². The molecule has 1 rings (SSSR count). The Kier molecular flexibility index (Phi) is 3.99. The van der Waals surface area contributed by atoms with Gasteiger partial charge in [-0.3, -0.25) is 0 Å². The van der Waals surface area contributed by atoms with Gasteiger partial charge in [0.05, 0.1) is 24.1 Å². The maximum atomic E-state index is 11.6. The van der Waals surface area contributed by atoms with Crippen LogP contribution >= 0.6 is 0 Å². The lowest BCUT2D eigenvalue weighted by Gasteiger charge is -2.26. The molecule has 96 valence electrons. The second kappa shape index (κ2) is 5.08. The van der Waals surface area contributed by atoms with Crippen LogP contribution in [0.5, 0.6) is 0 Å². The number of hydrazine groups is 1. The van der Waals surface area contributed by atoms with Gasteiger partial charge in [0.15, 0.2) is 12.3 Å². The maximum Gasteiger partial charge on any atom is 0.233 e. The lowest BCUT2D eigenvalue weighted by Crippen LogP contribution is -2.42. The van der Waals surface area contributed by atoms with E-state index in [0.29, 0.717) is 24.5 Å². The van der Waals surface area contributed by atoms with Gasteiger partial charge in [-0.25, -0.2) is 0 Å². The van der Waals surface area contributed by atoms with Gasteiger partial charge in [0.25, 0.3) is 0 Å². The van der Waals surface area contributed by atoms with Crippen LogP contribution in [0.25, 0.3) is 0 Å². The predicted molar refractivity (Wildman–Crippen MR) is 60.2 cm³/mol. The largest absolute Gasteiger partial charge is 0.569 e. The molecule has 0 N–H and O–H groups in total. The highest BCUT2D eigenvalue weighted by Crippen LogP contribution is 2.13. The third-order valence-corrected chi connectivity index (χ3v) is 2.78. The summed E-state index contributed by atoms with van der Waals surface area (Å²) in [6.07, 6.45) is 2.57. The zero-order valence-electron chi connectivity index (χ0n) is 10.8. The summed E-state index contributed by atoms with van der Waals surface area (Å²) < 4.78 is 0. The van der Waals surface area contributed by atoms with E-state index < -0.39 is 0 Å². The summed E-state index contributed by atoms with van der Waals surface area (Å²) in [6.45, 7) is 6.86. The second-order valence-corrected chi connectivity index (χ2v) is 5.09. The minimum absolute atomic E-state index is 0.181.